The number of rotatable bonds is 7. The first-order chi connectivity index (χ1) is 37.7. The molecule has 4 aliphatic rings. The van der Waals surface area contributed by atoms with E-state index >= 15 is 0 Å². The molecule has 0 fully saturated rings. The minimum atomic E-state index is -0.534. The molecule has 2 heteroatoms. The van der Waals surface area contributed by atoms with Crippen molar-refractivity contribution in [1.82, 2.24) is 0 Å². The van der Waals surface area contributed by atoms with Gasteiger partial charge >= 0.3 is 0 Å². The molecular formula is C74H48N2. The summed E-state index contributed by atoms with van der Waals surface area (Å²) in [6, 6.07) is 109. The number of nitrogens with zero attached hydrogens (tertiary/aromatic N) is 2. The summed E-state index contributed by atoms with van der Waals surface area (Å²) in [6.45, 7) is 0. The van der Waals surface area contributed by atoms with Gasteiger partial charge in [-0.15, -0.1) is 0 Å². The Hall–Kier alpha value is -9.76. The topological polar surface area (TPSA) is 6.48 Å². The van der Waals surface area contributed by atoms with E-state index in [4.69, 9.17) is 0 Å². The van der Waals surface area contributed by atoms with Crippen LogP contribution in [-0.4, -0.2) is 0 Å². The van der Waals surface area contributed by atoms with Crippen LogP contribution in [0.3, 0.4) is 0 Å². The monoisotopic (exact) mass is 964 g/mol. The minimum Gasteiger partial charge on any atom is -0.310 e. The number of hydrogen-bond acceptors (Lipinski definition) is 2. The Labute approximate surface area is 443 Å². The predicted octanol–water partition coefficient (Wildman–Crippen LogP) is 19.0. The zero-order valence-electron chi connectivity index (χ0n) is 41.6. The molecule has 0 radical (unpaired) electrons. The molecule has 0 N–H and O–H groups in total. The molecule has 2 nitrogen and oxygen atoms in total. The molecule has 0 amide bonds. The molecule has 354 valence electrons. The lowest BCUT2D eigenvalue weighted by Crippen LogP contribution is -2.35. The van der Waals surface area contributed by atoms with Crippen molar-refractivity contribution in [2.45, 2.75) is 10.8 Å². The summed E-state index contributed by atoms with van der Waals surface area (Å²) in [5, 5.41) is 0. The maximum Gasteiger partial charge on any atom is 0.0754 e. The highest BCUT2D eigenvalue weighted by molar-refractivity contribution is 6.01. The van der Waals surface area contributed by atoms with Crippen LogP contribution in [0.2, 0.25) is 0 Å². The first-order valence-corrected chi connectivity index (χ1v) is 26.5. The van der Waals surface area contributed by atoms with Gasteiger partial charge in [-0.05, 0) is 161 Å². The summed E-state index contributed by atoms with van der Waals surface area (Å²) >= 11 is 0. The molecule has 12 aromatic carbocycles. The first-order valence-electron chi connectivity index (χ1n) is 26.5. The second kappa shape index (κ2) is 16.4. The van der Waals surface area contributed by atoms with Crippen molar-refractivity contribution in [2.24, 2.45) is 0 Å². The minimum absolute atomic E-state index is 0.453. The molecular weight excluding hydrogens is 917 g/mol. The maximum absolute atomic E-state index is 2.49. The van der Waals surface area contributed by atoms with Crippen LogP contribution < -0.4 is 9.80 Å². The van der Waals surface area contributed by atoms with Gasteiger partial charge in [0.15, 0.2) is 0 Å². The average Bonchev–Trinajstić information content (AvgIpc) is 4.11. The quantitative estimate of drug-likeness (QED) is 0.157. The second-order valence-corrected chi connectivity index (χ2v) is 20.7. The van der Waals surface area contributed by atoms with Crippen molar-refractivity contribution in [2.75, 3.05) is 9.80 Å². The van der Waals surface area contributed by atoms with Gasteiger partial charge in [0, 0.05) is 28.3 Å². The van der Waals surface area contributed by atoms with Gasteiger partial charge in [0.1, 0.15) is 0 Å². The fourth-order valence-corrected chi connectivity index (χ4v) is 14.0. The lowest BCUT2D eigenvalue weighted by Gasteiger charge is -2.44. The smallest absolute Gasteiger partial charge is 0.0754 e. The highest BCUT2D eigenvalue weighted by Crippen LogP contribution is 2.66. The fraction of sp³-hybridized carbons (Fsp3) is 0.0270. The van der Waals surface area contributed by atoms with Gasteiger partial charge in [-0.1, -0.05) is 224 Å². The molecule has 1 spiro atoms. The third-order valence-corrected chi connectivity index (χ3v) is 17.1. The van der Waals surface area contributed by atoms with Crippen molar-refractivity contribution in [1.29, 1.82) is 0 Å². The predicted molar refractivity (Wildman–Crippen MR) is 314 cm³/mol. The van der Waals surface area contributed by atoms with Crippen LogP contribution in [0.4, 0.5) is 34.1 Å². The molecule has 1 atom stereocenters. The van der Waals surface area contributed by atoms with E-state index in [0.717, 1.165) is 22.7 Å². The Kier molecular flexibility index (Phi) is 9.20. The number of anilines is 6. The highest BCUT2D eigenvalue weighted by Gasteiger charge is 2.54. The number of fused-ring (bicyclic) bond motifs is 15. The molecule has 76 heavy (non-hydrogen) atoms. The Morgan fingerprint density at radius 3 is 1.30 bits per heavy atom. The molecule has 16 rings (SSSR count). The van der Waals surface area contributed by atoms with E-state index in [-0.39, 0.29) is 0 Å². The molecule has 3 aliphatic carbocycles. The van der Waals surface area contributed by atoms with E-state index < -0.39 is 10.8 Å². The van der Waals surface area contributed by atoms with Crippen molar-refractivity contribution >= 4 is 34.1 Å². The van der Waals surface area contributed by atoms with Crippen LogP contribution in [0.5, 0.6) is 0 Å². The third-order valence-electron chi connectivity index (χ3n) is 17.1. The van der Waals surface area contributed by atoms with Gasteiger partial charge in [0.25, 0.3) is 0 Å². The van der Waals surface area contributed by atoms with E-state index in [9.17, 15) is 0 Å². The van der Waals surface area contributed by atoms with Crippen LogP contribution in [0.25, 0.3) is 55.6 Å². The largest absolute Gasteiger partial charge is 0.310 e. The second-order valence-electron chi connectivity index (χ2n) is 20.7. The number of para-hydroxylation sites is 2. The summed E-state index contributed by atoms with van der Waals surface area (Å²) < 4.78 is 0. The summed E-state index contributed by atoms with van der Waals surface area (Å²) in [5.41, 5.74) is 28.9. The van der Waals surface area contributed by atoms with E-state index in [1.807, 2.05) is 0 Å². The Morgan fingerprint density at radius 1 is 0.250 bits per heavy atom. The molecule has 12 aromatic rings. The summed E-state index contributed by atoms with van der Waals surface area (Å²) in [7, 11) is 0. The molecule has 0 bridgehead atoms. The Balaban J connectivity index is 0.859. The summed E-state index contributed by atoms with van der Waals surface area (Å²) in [5.74, 6) is 0. The summed E-state index contributed by atoms with van der Waals surface area (Å²) in [4.78, 5) is 4.91. The SMILES string of the molecule is c1ccc(-c2ccc(N(c3ccc(-c4ccc5c(c4)C4(c6ccccc6)c6ccccc6N(c6ccccc6)c6cccc-5c64)cc3)c3ccc4c(c3)C3(c5ccccc5-c5ccccc53)c3ccccc3-4)cc2)cc1. The first kappa shape index (κ1) is 42.7. The third kappa shape index (κ3) is 5.81. The van der Waals surface area contributed by atoms with E-state index in [1.54, 1.807) is 0 Å². The molecule has 1 aliphatic heterocycles. The lowest BCUT2D eigenvalue weighted by molar-refractivity contribution is 0.754. The zero-order chi connectivity index (χ0) is 50.0. The van der Waals surface area contributed by atoms with Crippen LogP contribution in [0.15, 0.2) is 291 Å². The molecule has 0 saturated heterocycles. The molecule has 1 heterocycles. The standard InChI is InChI=1S/C74H48N2/c1-4-19-49(20-5-1)50-35-40-55(41-36-50)75(57-44-46-61-60-27-12-15-31-66(60)74(69(61)48-57)64-29-13-10-25-58(64)59-26-11-14-30-65(59)74)56-42-37-51(38-43-56)52-39-45-62-63-28-18-34-71-72(63)73(68(62)47-52,53-21-6-2-7-22-53)67-32-16-17-33-70(67)76(71)54-23-8-3-9-24-54/h1-48H. The van der Waals surface area contributed by atoms with Gasteiger partial charge in [-0.25, -0.2) is 0 Å². The van der Waals surface area contributed by atoms with Gasteiger partial charge in [0.05, 0.1) is 22.2 Å². The molecule has 0 saturated carbocycles. The van der Waals surface area contributed by atoms with Gasteiger partial charge in [0.2, 0.25) is 0 Å². The van der Waals surface area contributed by atoms with Crippen LogP contribution in [0.1, 0.15) is 44.5 Å². The van der Waals surface area contributed by atoms with Crippen molar-refractivity contribution in [3.8, 4) is 55.6 Å². The Bertz CT molecular complexity index is 4210. The normalized spacial score (nSPS) is 15.2. The lowest BCUT2D eigenvalue weighted by atomic mass is 9.64. The fourth-order valence-electron chi connectivity index (χ4n) is 14.0. The van der Waals surface area contributed by atoms with Crippen LogP contribution in [-0.2, 0) is 10.8 Å². The van der Waals surface area contributed by atoms with Crippen LogP contribution >= 0.6 is 0 Å². The van der Waals surface area contributed by atoms with Gasteiger partial charge in [-0.2, -0.15) is 0 Å². The number of benzene rings is 12. The van der Waals surface area contributed by atoms with E-state index in [1.165, 1.54) is 112 Å². The molecule has 1 unspecified atom stereocenters. The van der Waals surface area contributed by atoms with E-state index in [2.05, 4.69) is 301 Å². The van der Waals surface area contributed by atoms with Crippen molar-refractivity contribution in [3.05, 3.63) is 336 Å². The van der Waals surface area contributed by atoms with Crippen molar-refractivity contribution in [3.63, 3.8) is 0 Å². The van der Waals surface area contributed by atoms with Crippen LogP contribution in [0, 0.1) is 0 Å². The summed E-state index contributed by atoms with van der Waals surface area (Å²) in [6.07, 6.45) is 0. The Morgan fingerprint density at radius 2 is 0.671 bits per heavy atom. The van der Waals surface area contributed by atoms with E-state index in [0.29, 0.717) is 0 Å². The average molecular weight is 965 g/mol. The zero-order valence-corrected chi connectivity index (χ0v) is 41.6. The van der Waals surface area contributed by atoms with Gasteiger partial charge < -0.3 is 9.80 Å². The van der Waals surface area contributed by atoms with Crippen molar-refractivity contribution < 1.29 is 0 Å². The highest BCUT2D eigenvalue weighted by atomic mass is 15.2. The van der Waals surface area contributed by atoms with Gasteiger partial charge in [-0.3, -0.25) is 0 Å². The molecule has 0 aromatic heterocycles. The maximum atomic E-state index is 2.49. The number of hydrogen-bond donors (Lipinski definition) is 0.